The zero-order valence-corrected chi connectivity index (χ0v) is 13.4. The van der Waals surface area contributed by atoms with Gasteiger partial charge < -0.3 is 9.80 Å². The van der Waals surface area contributed by atoms with Crippen LogP contribution in [0.5, 0.6) is 0 Å². The fourth-order valence-corrected chi connectivity index (χ4v) is 3.58. The van der Waals surface area contributed by atoms with Crippen LogP contribution in [-0.2, 0) is 0 Å². The van der Waals surface area contributed by atoms with Crippen molar-refractivity contribution in [1.29, 1.82) is 0 Å². The second-order valence-electron chi connectivity index (χ2n) is 6.29. The van der Waals surface area contributed by atoms with Gasteiger partial charge in [0.05, 0.1) is 0 Å². The van der Waals surface area contributed by atoms with E-state index in [2.05, 4.69) is 17.5 Å². The van der Waals surface area contributed by atoms with Crippen LogP contribution in [0.25, 0.3) is 0 Å². The molecule has 0 atom stereocenters. The number of carbonyl (C=O) groups is 1. The summed E-state index contributed by atoms with van der Waals surface area (Å²) in [6, 6.07) is 7.52. The van der Waals surface area contributed by atoms with E-state index in [-0.39, 0.29) is 5.91 Å². The van der Waals surface area contributed by atoms with Crippen LogP contribution in [0.4, 0.5) is 0 Å². The van der Waals surface area contributed by atoms with E-state index in [0.29, 0.717) is 0 Å². The van der Waals surface area contributed by atoms with Crippen molar-refractivity contribution in [3.8, 4) is 0 Å². The second-order valence-corrected chi connectivity index (χ2v) is 6.81. The van der Waals surface area contributed by atoms with Crippen molar-refractivity contribution in [2.45, 2.75) is 30.6 Å². The SMILES string of the molecule is O=C(c1ccc(S)cc1)N1CCC(CN2CCCC2)CC1. The van der Waals surface area contributed by atoms with Crippen LogP contribution >= 0.6 is 12.6 Å². The number of nitrogens with zero attached hydrogens (tertiary/aromatic N) is 2. The Labute approximate surface area is 132 Å². The first-order chi connectivity index (χ1) is 10.2. The Morgan fingerprint density at radius 3 is 2.29 bits per heavy atom. The second kappa shape index (κ2) is 6.84. The summed E-state index contributed by atoms with van der Waals surface area (Å²) in [6.45, 7) is 5.58. The summed E-state index contributed by atoms with van der Waals surface area (Å²) >= 11 is 4.26. The van der Waals surface area contributed by atoms with Crippen LogP contribution in [0.15, 0.2) is 29.2 Å². The number of amides is 1. The minimum atomic E-state index is 0.169. The molecule has 1 amide bonds. The summed E-state index contributed by atoms with van der Waals surface area (Å²) in [6.07, 6.45) is 5.01. The van der Waals surface area contributed by atoms with Gasteiger partial charge in [-0.1, -0.05) is 0 Å². The van der Waals surface area contributed by atoms with Crippen molar-refractivity contribution in [2.75, 3.05) is 32.7 Å². The van der Waals surface area contributed by atoms with Crippen LogP contribution in [0.2, 0.25) is 0 Å². The Balaban J connectivity index is 1.50. The summed E-state index contributed by atoms with van der Waals surface area (Å²) in [5, 5.41) is 0. The van der Waals surface area contributed by atoms with E-state index in [9.17, 15) is 4.79 Å². The van der Waals surface area contributed by atoms with Crippen molar-refractivity contribution >= 4 is 18.5 Å². The molecule has 3 nitrogen and oxygen atoms in total. The minimum Gasteiger partial charge on any atom is -0.339 e. The lowest BCUT2D eigenvalue weighted by Gasteiger charge is -2.34. The zero-order chi connectivity index (χ0) is 14.7. The maximum absolute atomic E-state index is 12.5. The molecule has 2 saturated heterocycles. The molecule has 0 aromatic heterocycles. The highest BCUT2D eigenvalue weighted by Crippen LogP contribution is 2.22. The molecule has 3 rings (SSSR count). The van der Waals surface area contributed by atoms with Crippen molar-refractivity contribution in [2.24, 2.45) is 5.92 Å². The molecular weight excluding hydrogens is 280 g/mol. The number of carbonyl (C=O) groups excluding carboxylic acids is 1. The summed E-state index contributed by atoms with van der Waals surface area (Å²) in [5.41, 5.74) is 0.783. The number of piperidine rings is 1. The lowest BCUT2D eigenvalue weighted by atomic mass is 9.95. The molecule has 4 heteroatoms. The van der Waals surface area contributed by atoms with Crippen LogP contribution in [0, 0.1) is 5.92 Å². The third-order valence-electron chi connectivity index (χ3n) is 4.73. The lowest BCUT2D eigenvalue weighted by molar-refractivity contribution is 0.0673. The Morgan fingerprint density at radius 2 is 1.67 bits per heavy atom. The van der Waals surface area contributed by atoms with Gasteiger partial charge in [0.25, 0.3) is 5.91 Å². The van der Waals surface area contributed by atoms with E-state index in [1.54, 1.807) is 0 Å². The molecule has 114 valence electrons. The van der Waals surface area contributed by atoms with Crippen molar-refractivity contribution in [3.63, 3.8) is 0 Å². The van der Waals surface area contributed by atoms with Gasteiger partial charge in [-0.2, -0.15) is 0 Å². The summed E-state index contributed by atoms with van der Waals surface area (Å²) < 4.78 is 0. The zero-order valence-electron chi connectivity index (χ0n) is 12.5. The molecule has 2 fully saturated rings. The maximum atomic E-state index is 12.5. The monoisotopic (exact) mass is 304 g/mol. The van der Waals surface area contributed by atoms with Crippen molar-refractivity contribution < 1.29 is 4.79 Å². The van der Waals surface area contributed by atoms with Gasteiger partial charge in [0.2, 0.25) is 0 Å². The third-order valence-corrected chi connectivity index (χ3v) is 5.03. The molecule has 21 heavy (non-hydrogen) atoms. The smallest absolute Gasteiger partial charge is 0.253 e. The molecule has 2 aliphatic heterocycles. The van der Waals surface area contributed by atoms with Gasteiger partial charge in [-0.15, -0.1) is 12.6 Å². The minimum absolute atomic E-state index is 0.169. The number of hydrogen-bond acceptors (Lipinski definition) is 3. The van der Waals surface area contributed by atoms with Gasteiger partial charge in [-0.3, -0.25) is 4.79 Å². The van der Waals surface area contributed by atoms with Gasteiger partial charge in [0, 0.05) is 30.1 Å². The van der Waals surface area contributed by atoms with Crippen LogP contribution in [0.3, 0.4) is 0 Å². The highest BCUT2D eigenvalue weighted by molar-refractivity contribution is 7.80. The number of benzene rings is 1. The van der Waals surface area contributed by atoms with Gasteiger partial charge in [0.1, 0.15) is 0 Å². The Kier molecular flexibility index (Phi) is 4.86. The molecule has 0 aliphatic carbocycles. The summed E-state index contributed by atoms with van der Waals surface area (Å²) in [4.78, 5) is 18.0. The third kappa shape index (κ3) is 3.80. The van der Waals surface area contributed by atoms with E-state index < -0.39 is 0 Å². The predicted octanol–water partition coefficient (Wildman–Crippen LogP) is 2.92. The molecule has 2 aliphatic rings. The highest BCUT2D eigenvalue weighted by Gasteiger charge is 2.25. The summed E-state index contributed by atoms with van der Waals surface area (Å²) in [7, 11) is 0. The first kappa shape index (κ1) is 14.9. The predicted molar refractivity (Wildman–Crippen MR) is 88.0 cm³/mol. The standard InChI is InChI=1S/C17H24N2OS/c20-17(15-3-5-16(21)6-4-15)19-11-7-14(8-12-19)13-18-9-1-2-10-18/h3-6,14,21H,1-2,7-13H2. The van der Waals surface area contributed by atoms with E-state index in [0.717, 1.165) is 42.3 Å². The molecule has 1 aromatic carbocycles. The number of rotatable bonds is 3. The van der Waals surface area contributed by atoms with Crippen molar-refractivity contribution in [3.05, 3.63) is 29.8 Å². The molecule has 1 aromatic rings. The van der Waals surface area contributed by atoms with E-state index >= 15 is 0 Å². The summed E-state index contributed by atoms with van der Waals surface area (Å²) in [5.74, 6) is 0.940. The Bertz CT molecular complexity index is 474. The molecule has 2 heterocycles. The maximum Gasteiger partial charge on any atom is 0.253 e. The first-order valence-electron chi connectivity index (χ1n) is 8.03. The van der Waals surface area contributed by atoms with E-state index in [1.807, 2.05) is 29.2 Å². The van der Waals surface area contributed by atoms with Gasteiger partial charge in [-0.25, -0.2) is 0 Å². The molecular formula is C17H24N2OS. The topological polar surface area (TPSA) is 23.6 Å². The molecule has 0 radical (unpaired) electrons. The fraction of sp³-hybridized carbons (Fsp3) is 0.588. The van der Waals surface area contributed by atoms with Gasteiger partial charge >= 0.3 is 0 Å². The largest absolute Gasteiger partial charge is 0.339 e. The molecule has 0 N–H and O–H groups in total. The molecule has 0 spiro atoms. The van der Waals surface area contributed by atoms with Gasteiger partial charge in [-0.05, 0) is 69.0 Å². The van der Waals surface area contributed by atoms with Crippen molar-refractivity contribution in [1.82, 2.24) is 9.80 Å². The van der Waals surface area contributed by atoms with Crippen LogP contribution in [-0.4, -0.2) is 48.4 Å². The Hall–Kier alpha value is -1.00. The molecule has 0 bridgehead atoms. The average Bonchev–Trinajstić information content (AvgIpc) is 3.01. The van der Waals surface area contributed by atoms with Gasteiger partial charge in [0.15, 0.2) is 0 Å². The highest BCUT2D eigenvalue weighted by atomic mass is 32.1. The first-order valence-corrected chi connectivity index (χ1v) is 8.48. The average molecular weight is 304 g/mol. The quantitative estimate of drug-likeness (QED) is 0.868. The van der Waals surface area contributed by atoms with Crippen LogP contribution < -0.4 is 0 Å². The molecule has 0 saturated carbocycles. The Morgan fingerprint density at radius 1 is 1.05 bits per heavy atom. The number of thiol groups is 1. The van der Waals surface area contributed by atoms with Crippen LogP contribution in [0.1, 0.15) is 36.0 Å². The molecule has 0 unspecified atom stereocenters. The van der Waals surface area contributed by atoms with E-state index in [4.69, 9.17) is 0 Å². The normalized spacial score (nSPS) is 20.9. The lowest BCUT2D eigenvalue weighted by Crippen LogP contribution is -2.41. The van der Waals surface area contributed by atoms with E-state index in [1.165, 1.54) is 32.5 Å². The number of hydrogen-bond donors (Lipinski definition) is 1. The number of likely N-dealkylation sites (tertiary alicyclic amines) is 2. The fourth-order valence-electron chi connectivity index (χ4n) is 3.44.